The van der Waals surface area contributed by atoms with E-state index in [0.29, 0.717) is 34.3 Å². The number of nitrogens with one attached hydrogen (secondary N) is 1. The molecular formula is C33H34F3N3O6. The number of carbonyl (C=O) groups is 4. The fourth-order valence-electron chi connectivity index (χ4n) is 5.78. The molecule has 3 aromatic carbocycles. The van der Waals surface area contributed by atoms with E-state index in [9.17, 15) is 27.6 Å². The first-order valence-corrected chi connectivity index (χ1v) is 14.5. The number of benzene rings is 3. The maximum atomic E-state index is 13.6. The lowest BCUT2D eigenvalue weighted by Crippen LogP contribution is -2.66. The van der Waals surface area contributed by atoms with Crippen LogP contribution >= 0.6 is 0 Å². The van der Waals surface area contributed by atoms with E-state index in [0.717, 1.165) is 25.9 Å². The molecule has 9 nitrogen and oxygen atoms in total. The highest BCUT2D eigenvalue weighted by Crippen LogP contribution is 2.36. The Morgan fingerprint density at radius 1 is 0.867 bits per heavy atom. The molecule has 0 spiro atoms. The molecule has 3 heterocycles. The van der Waals surface area contributed by atoms with Crippen molar-refractivity contribution in [3.05, 3.63) is 108 Å². The van der Waals surface area contributed by atoms with Crippen LogP contribution in [0, 0.1) is 5.92 Å². The van der Waals surface area contributed by atoms with Crippen LogP contribution < -0.4 is 16.2 Å². The van der Waals surface area contributed by atoms with Gasteiger partial charge in [-0.15, -0.1) is 0 Å². The number of nitrogens with two attached hydrogens (primary N) is 1. The largest absolute Gasteiger partial charge is 0.542 e. The molecule has 0 saturated carbocycles. The average Bonchev–Trinajstić information content (AvgIpc) is 3.04. The summed E-state index contributed by atoms with van der Waals surface area (Å²) in [7, 11) is 0. The number of ether oxygens (including phenoxy) is 1. The molecule has 1 amide bonds. The number of hydrogen-bond donors (Lipinski definition) is 2. The summed E-state index contributed by atoms with van der Waals surface area (Å²) >= 11 is 0. The van der Waals surface area contributed by atoms with Crippen LogP contribution in [0.5, 0.6) is 0 Å². The maximum absolute atomic E-state index is 13.6. The Balaban J connectivity index is 0.000000591. The van der Waals surface area contributed by atoms with E-state index in [1.165, 1.54) is 0 Å². The summed E-state index contributed by atoms with van der Waals surface area (Å²) < 4.78 is 38.3. The molecular weight excluding hydrogens is 591 g/mol. The molecule has 3 aliphatic rings. The summed E-state index contributed by atoms with van der Waals surface area (Å²) in [5.41, 5.74) is 8.22. The van der Waals surface area contributed by atoms with E-state index in [2.05, 4.69) is 5.32 Å². The van der Waals surface area contributed by atoms with Gasteiger partial charge in [0.05, 0.1) is 13.1 Å². The summed E-state index contributed by atoms with van der Waals surface area (Å²) in [6.07, 6.45) is -3.69. The first kappa shape index (κ1) is 33.3. The van der Waals surface area contributed by atoms with E-state index in [1.807, 2.05) is 66.7 Å². The minimum atomic E-state index is -5.19. The van der Waals surface area contributed by atoms with Crippen molar-refractivity contribution in [3.63, 3.8) is 0 Å². The maximum Gasteiger partial charge on any atom is 0.430 e. The second kappa shape index (κ2) is 14.5. The Labute approximate surface area is 258 Å². The third kappa shape index (κ3) is 8.77. The Hall–Kier alpha value is -4.55. The number of halogens is 3. The highest BCUT2D eigenvalue weighted by molar-refractivity contribution is 5.97. The zero-order valence-corrected chi connectivity index (χ0v) is 24.3. The van der Waals surface area contributed by atoms with E-state index in [1.54, 1.807) is 24.3 Å². The summed E-state index contributed by atoms with van der Waals surface area (Å²) in [6, 6.07) is 25.6. The number of carbonyl (C=O) groups excluding carboxylic acids is 4. The van der Waals surface area contributed by atoms with Crippen molar-refractivity contribution in [1.82, 2.24) is 5.32 Å². The van der Waals surface area contributed by atoms with Crippen LogP contribution in [-0.2, 0) is 19.1 Å². The molecule has 3 aliphatic heterocycles. The van der Waals surface area contributed by atoms with Crippen molar-refractivity contribution in [1.29, 1.82) is 0 Å². The van der Waals surface area contributed by atoms with Crippen LogP contribution in [0.4, 0.5) is 13.2 Å². The lowest BCUT2D eigenvalue weighted by molar-refractivity contribution is -0.938. The standard InChI is InChI=1S/C31H33N3O4.C2HF3O2/c32-28(24-12-6-2-7-13-24)30(36)33-29(25-14-8-3-9-15-25)31(37)38-27-21-34(18-16-23(27)17-19-34)20-26(35)22-10-4-1-5-11-22;3-2(4,5)1(6)7/h1-15,23,27-29H,16-21,32H2;(H,6,7)/t23?,27-,28?,29?,34?;/m0./s1. The number of Topliss-reactive ketones (excluding diaryl/α,β-unsaturated/α-hetero) is 1. The monoisotopic (exact) mass is 625 g/mol. The van der Waals surface area contributed by atoms with E-state index < -0.39 is 36.1 Å². The van der Waals surface area contributed by atoms with E-state index in [-0.39, 0.29) is 17.8 Å². The fraction of sp³-hybridized carbons (Fsp3) is 0.333. The molecule has 2 unspecified atom stereocenters. The highest BCUT2D eigenvalue weighted by Gasteiger charge is 2.49. The van der Waals surface area contributed by atoms with Gasteiger partial charge in [-0.05, 0) is 11.1 Å². The Bertz CT molecular complexity index is 1460. The number of carboxylic acid groups (broad SMARTS) is 1. The van der Waals surface area contributed by atoms with Gasteiger partial charge in [0.1, 0.15) is 25.1 Å². The van der Waals surface area contributed by atoms with Crippen molar-refractivity contribution in [2.45, 2.75) is 37.2 Å². The number of aliphatic carboxylic acids is 1. The van der Waals surface area contributed by atoms with Gasteiger partial charge in [-0.25, -0.2) is 4.79 Å². The van der Waals surface area contributed by atoms with Gasteiger partial charge in [-0.2, -0.15) is 13.2 Å². The van der Waals surface area contributed by atoms with Gasteiger partial charge in [0.25, 0.3) is 0 Å². The molecule has 2 bridgehead atoms. The topological polar surface area (TPSA) is 139 Å². The molecule has 3 atom stereocenters. The van der Waals surface area contributed by atoms with Gasteiger partial charge in [-0.3, -0.25) is 9.59 Å². The molecule has 3 N–H and O–H groups in total. The van der Waals surface area contributed by atoms with Crippen LogP contribution in [0.25, 0.3) is 0 Å². The molecule has 12 heteroatoms. The normalized spacial score (nSPS) is 21.8. The van der Waals surface area contributed by atoms with Crippen molar-refractivity contribution in [2.24, 2.45) is 11.7 Å². The SMILES string of the molecule is NC(C(=O)NC(C(=O)O[C@H]1C[N+]2(CC(=O)c3ccccc3)CCC1CC2)c1ccccc1)c1ccccc1.O=C([O-])C(F)(F)F. The number of amides is 1. The first-order valence-electron chi connectivity index (χ1n) is 14.5. The van der Waals surface area contributed by atoms with Crippen molar-refractivity contribution in [2.75, 3.05) is 26.2 Å². The smallest absolute Gasteiger partial charge is 0.430 e. The predicted molar refractivity (Wildman–Crippen MR) is 155 cm³/mol. The number of nitrogens with zero attached hydrogens (tertiary/aromatic N) is 1. The number of fused-ring (bicyclic) bond motifs is 3. The predicted octanol–water partition coefficient (Wildman–Crippen LogP) is 2.88. The number of esters is 1. The van der Waals surface area contributed by atoms with Gasteiger partial charge in [-0.1, -0.05) is 91.0 Å². The fourth-order valence-corrected chi connectivity index (χ4v) is 5.78. The number of hydrogen-bond acceptors (Lipinski definition) is 7. The van der Waals surface area contributed by atoms with Gasteiger partial charge < -0.3 is 30.2 Å². The van der Waals surface area contributed by atoms with E-state index in [4.69, 9.17) is 20.4 Å². The molecule has 0 aliphatic carbocycles. The number of rotatable bonds is 9. The lowest BCUT2D eigenvalue weighted by Gasteiger charge is -2.51. The molecule has 238 valence electrons. The average molecular weight is 626 g/mol. The quantitative estimate of drug-likeness (QED) is 0.212. The number of carboxylic acids is 1. The van der Waals surface area contributed by atoms with Crippen LogP contribution in [0.2, 0.25) is 0 Å². The van der Waals surface area contributed by atoms with Crippen molar-refractivity contribution < 1.29 is 46.7 Å². The van der Waals surface area contributed by atoms with Crippen LogP contribution in [0.3, 0.4) is 0 Å². The molecule has 6 rings (SSSR count). The summed E-state index contributed by atoms with van der Waals surface area (Å²) in [6.45, 7) is 2.81. The molecule has 0 radical (unpaired) electrons. The summed E-state index contributed by atoms with van der Waals surface area (Å²) in [4.78, 5) is 48.5. The summed E-state index contributed by atoms with van der Waals surface area (Å²) in [5, 5.41) is 11.6. The van der Waals surface area contributed by atoms with Gasteiger partial charge in [0.2, 0.25) is 11.7 Å². The Morgan fingerprint density at radius 2 is 1.36 bits per heavy atom. The Morgan fingerprint density at radius 3 is 1.87 bits per heavy atom. The van der Waals surface area contributed by atoms with E-state index >= 15 is 0 Å². The minimum Gasteiger partial charge on any atom is -0.542 e. The first-order chi connectivity index (χ1) is 21.4. The van der Waals surface area contributed by atoms with Gasteiger partial charge >= 0.3 is 12.1 Å². The minimum absolute atomic E-state index is 0.111. The molecule has 0 aromatic heterocycles. The van der Waals surface area contributed by atoms with Crippen LogP contribution in [0.1, 0.15) is 46.4 Å². The number of piperidine rings is 3. The third-order valence-corrected chi connectivity index (χ3v) is 8.21. The number of ketones is 1. The van der Waals surface area contributed by atoms with Crippen LogP contribution in [-0.4, -0.2) is 66.6 Å². The molecule has 3 fully saturated rings. The molecule has 3 aromatic rings. The van der Waals surface area contributed by atoms with Crippen LogP contribution in [0.15, 0.2) is 91.0 Å². The summed E-state index contributed by atoms with van der Waals surface area (Å²) in [5.74, 6) is -3.60. The zero-order valence-electron chi connectivity index (χ0n) is 24.3. The highest BCUT2D eigenvalue weighted by atomic mass is 19.4. The van der Waals surface area contributed by atoms with Gasteiger partial charge in [0, 0.05) is 24.3 Å². The van der Waals surface area contributed by atoms with Crippen molar-refractivity contribution >= 4 is 23.6 Å². The second-order valence-electron chi connectivity index (χ2n) is 11.3. The lowest BCUT2D eigenvalue weighted by atomic mass is 9.82. The van der Waals surface area contributed by atoms with Crippen molar-refractivity contribution in [3.8, 4) is 0 Å². The Kier molecular flexibility index (Phi) is 10.7. The number of alkyl halides is 3. The molecule has 3 saturated heterocycles. The van der Waals surface area contributed by atoms with Gasteiger partial charge in [0.15, 0.2) is 12.1 Å². The third-order valence-electron chi connectivity index (χ3n) is 8.21. The second-order valence-corrected chi connectivity index (χ2v) is 11.3. The molecule has 45 heavy (non-hydrogen) atoms. The number of quaternary nitrogens is 1. The zero-order chi connectivity index (χ0) is 32.6.